The Morgan fingerprint density at radius 3 is 1.92 bits per heavy atom. The van der Waals surface area contributed by atoms with Crippen molar-refractivity contribution < 1.29 is 21.6 Å². The molecule has 1 aliphatic rings. The zero-order valence-electron chi connectivity index (χ0n) is 22.2. The van der Waals surface area contributed by atoms with Gasteiger partial charge in [-0.15, -0.1) is 0 Å². The molecule has 1 aliphatic heterocycles. The van der Waals surface area contributed by atoms with Crippen molar-refractivity contribution in [3.63, 3.8) is 0 Å². The molecule has 0 saturated carbocycles. The largest absolute Gasteiger partial charge is 0.322 e. The summed E-state index contributed by atoms with van der Waals surface area (Å²) < 4.78 is 53.9. The summed E-state index contributed by atoms with van der Waals surface area (Å²) in [5.74, 6) is -0.291. The first-order valence-corrected chi connectivity index (χ1v) is 15.8. The SMILES string of the molecule is CCN(CC)S(=O)(=O)c1ccc(NC(=O)c2ccc(CN3CCN(S(=O)(=O)c4ccccc4)CC3)cc2)cc1. The van der Waals surface area contributed by atoms with Crippen molar-refractivity contribution >= 4 is 31.6 Å². The molecule has 0 atom stereocenters. The van der Waals surface area contributed by atoms with Crippen LogP contribution in [0.3, 0.4) is 0 Å². The molecule has 0 unspecified atom stereocenters. The first kappa shape index (κ1) is 28.9. The Morgan fingerprint density at radius 1 is 0.769 bits per heavy atom. The van der Waals surface area contributed by atoms with Gasteiger partial charge in [-0.2, -0.15) is 8.61 Å². The molecule has 11 heteroatoms. The molecule has 1 fully saturated rings. The zero-order valence-corrected chi connectivity index (χ0v) is 23.8. The highest BCUT2D eigenvalue weighted by Crippen LogP contribution is 2.20. The Labute approximate surface area is 231 Å². The Hall–Kier alpha value is -3.09. The van der Waals surface area contributed by atoms with Gasteiger partial charge in [-0.3, -0.25) is 9.69 Å². The summed E-state index contributed by atoms with van der Waals surface area (Å²) in [6.45, 7) is 7.10. The minimum atomic E-state index is -3.55. The molecule has 0 aromatic heterocycles. The van der Waals surface area contributed by atoms with Gasteiger partial charge in [0.15, 0.2) is 0 Å². The number of benzene rings is 3. The fourth-order valence-electron chi connectivity index (χ4n) is 4.52. The van der Waals surface area contributed by atoms with Gasteiger partial charge in [0, 0.05) is 57.1 Å². The molecule has 9 nitrogen and oxygen atoms in total. The van der Waals surface area contributed by atoms with Gasteiger partial charge in [-0.1, -0.05) is 44.2 Å². The van der Waals surface area contributed by atoms with E-state index in [2.05, 4.69) is 10.2 Å². The van der Waals surface area contributed by atoms with Crippen molar-refractivity contribution in [2.45, 2.75) is 30.2 Å². The smallest absolute Gasteiger partial charge is 0.255 e. The number of rotatable bonds is 10. The van der Waals surface area contributed by atoms with Crippen LogP contribution in [-0.4, -0.2) is 75.5 Å². The number of nitrogens with one attached hydrogen (secondary N) is 1. The molecule has 0 bridgehead atoms. The Balaban J connectivity index is 1.30. The lowest BCUT2D eigenvalue weighted by atomic mass is 10.1. The van der Waals surface area contributed by atoms with Crippen LogP contribution in [0.2, 0.25) is 0 Å². The monoisotopic (exact) mass is 570 g/mol. The lowest BCUT2D eigenvalue weighted by Crippen LogP contribution is -2.48. The van der Waals surface area contributed by atoms with E-state index in [0.29, 0.717) is 62.0 Å². The normalized spacial score (nSPS) is 15.4. The average molecular weight is 571 g/mol. The van der Waals surface area contributed by atoms with Crippen molar-refractivity contribution in [3.8, 4) is 0 Å². The number of sulfonamides is 2. The van der Waals surface area contributed by atoms with Crippen LogP contribution >= 0.6 is 0 Å². The van der Waals surface area contributed by atoms with E-state index in [0.717, 1.165) is 5.56 Å². The number of hydrogen-bond donors (Lipinski definition) is 1. The van der Waals surface area contributed by atoms with E-state index in [1.165, 1.54) is 20.7 Å². The number of carbonyl (C=O) groups is 1. The predicted octanol–water partition coefficient (Wildman–Crippen LogP) is 3.48. The summed E-state index contributed by atoms with van der Waals surface area (Å²) in [5, 5.41) is 2.81. The van der Waals surface area contributed by atoms with E-state index in [-0.39, 0.29) is 10.8 Å². The standard InChI is InChI=1S/C28H34N4O5S2/c1-3-31(4-2)38(34,35)27-16-14-25(15-17-27)29-28(33)24-12-10-23(11-13-24)22-30-18-20-32(21-19-30)39(36,37)26-8-6-5-7-9-26/h5-17H,3-4,18-22H2,1-2H3,(H,29,33). The lowest BCUT2D eigenvalue weighted by Gasteiger charge is -2.34. The minimum absolute atomic E-state index is 0.187. The predicted molar refractivity (Wildman–Crippen MR) is 151 cm³/mol. The number of nitrogens with zero attached hydrogens (tertiary/aromatic N) is 3. The highest BCUT2D eigenvalue weighted by molar-refractivity contribution is 7.89. The van der Waals surface area contributed by atoms with Crippen molar-refractivity contribution in [1.82, 2.24) is 13.5 Å². The number of piperazine rings is 1. The highest BCUT2D eigenvalue weighted by Gasteiger charge is 2.28. The fourth-order valence-corrected chi connectivity index (χ4v) is 7.42. The topological polar surface area (TPSA) is 107 Å². The second kappa shape index (κ2) is 12.4. The van der Waals surface area contributed by atoms with Crippen molar-refractivity contribution in [2.75, 3.05) is 44.6 Å². The number of hydrogen-bond acceptors (Lipinski definition) is 6. The second-order valence-electron chi connectivity index (χ2n) is 9.26. The molecule has 1 N–H and O–H groups in total. The van der Waals surface area contributed by atoms with Crippen LogP contribution < -0.4 is 5.32 Å². The molecular weight excluding hydrogens is 536 g/mol. The van der Waals surface area contributed by atoms with E-state index in [9.17, 15) is 21.6 Å². The van der Waals surface area contributed by atoms with Gasteiger partial charge >= 0.3 is 0 Å². The molecule has 1 amide bonds. The third kappa shape index (κ3) is 6.74. The molecule has 3 aromatic carbocycles. The summed E-state index contributed by atoms with van der Waals surface area (Å²) in [6.07, 6.45) is 0. The van der Waals surface area contributed by atoms with Crippen LogP contribution in [0.5, 0.6) is 0 Å². The second-order valence-corrected chi connectivity index (χ2v) is 13.1. The number of amides is 1. The molecule has 208 valence electrons. The van der Waals surface area contributed by atoms with Gasteiger partial charge < -0.3 is 5.32 Å². The van der Waals surface area contributed by atoms with E-state index < -0.39 is 20.0 Å². The van der Waals surface area contributed by atoms with E-state index in [1.54, 1.807) is 68.4 Å². The zero-order chi connectivity index (χ0) is 28.0. The molecule has 4 rings (SSSR count). The minimum Gasteiger partial charge on any atom is -0.322 e. The third-order valence-corrected chi connectivity index (χ3v) is 10.8. The molecule has 1 saturated heterocycles. The van der Waals surface area contributed by atoms with Gasteiger partial charge in [0.25, 0.3) is 5.91 Å². The first-order chi connectivity index (χ1) is 18.6. The fraction of sp³-hybridized carbons (Fsp3) is 0.321. The molecular formula is C28H34N4O5S2. The summed E-state index contributed by atoms with van der Waals surface area (Å²) in [4.78, 5) is 15.4. The van der Waals surface area contributed by atoms with Gasteiger partial charge in [0.05, 0.1) is 9.79 Å². The average Bonchev–Trinajstić information content (AvgIpc) is 2.95. The van der Waals surface area contributed by atoms with Crippen molar-refractivity contribution in [2.24, 2.45) is 0 Å². The Bertz CT molecular complexity index is 1470. The van der Waals surface area contributed by atoms with Gasteiger partial charge in [-0.05, 0) is 54.1 Å². The van der Waals surface area contributed by atoms with Crippen LogP contribution in [0, 0.1) is 0 Å². The third-order valence-electron chi connectivity index (χ3n) is 6.79. The summed E-state index contributed by atoms with van der Waals surface area (Å²) in [6, 6.07) is 21.9. The lowest BCUT2D eigenvalue weighted by molar-refractivity contribution is 0.102. The van der Waals surface area contributed by atoms with Gasteiger partial charge in [-0.25, -0.2) is 16.8 Å². The van der Waals surface area contributed by atoms with Crippen molar-refractivity contribution in [1.29, 1.82) is 0 Å². The number of anilines is 1. The van der Waals surface area contributed by atoms with Crippen LogP contribution in [0.4, 0.5) is 5.69 Å². The van der Waals surface area contributed by atoms with Gasteiger partial charge in [0.2, 0.25) is 20.0 Å². The maximum Gasteiger partial charge on any atom is 0.255 e. The molecule has 3 aromatic rings. The van der Waals surface area contributed by atoms with Gasteiger partial charge in [0.1, 0.15) is 0 Å². The maximum atomic E-state index is 12.8. The Kier molecular flexibility index (Phi) is 9.19. The highest BCUT2D eigenvalue weighted by atomic mass is 32.2. The van der Waals surface area contributed by atoms with E-state index >= 15 is 0 Å². The quantitative estimate of drug-likeness (QED) is 0.400. The molecule has 0 spiro atoms. The molecule has 0 aliphatic carbocycles. The van der Waals surface area contributed by atoms with E-state index in [1.807, 2.05) is 12.1 Å². The van der Waals surface area contributed by atoms with E-state index in [4.69, 9.17) is 0 Å². The Morgan fingerprint density at radius 2 is 1.36 bits per heavy atom. The molecule has 1 heterocycles. The summed E-state index contributed by atoms with van der Waals surface area (Å²) in [7, 11) is -7.04. The van der Waals surface area contributed by atoms with Crippen LogP contribution in [0.15, 0.2) is 88.7 Å². The van der Waals surface area contributed by atoms with Crippen molar-refractivity contribution in [3.05, 3.63) is 90.0 Å². The van der Waals surface area contributed by atoms with Crippen LogP contribution in [0.25, 0.3) is 0 Å². The maximum absolute atomic E-state index is 12.8. The summed E-state index contributed by atoms with van der Waals surface area (Å²) in [5.41, 5.74) is 2.01. The number of carbonyl (C=O) groups excluding carboxylic acids is 1. The van der Waals surface area contributed by atoms with Crippen LogP contribution in [-0.2, 0) is 26.6 Å². The molecule has 39 heavy (non-hydrogen) atoms. The first-order valence-electron chi connectivity index (χ1n) is 12.9. The summed E-state index contributed by atoms with van der Waals surface area (Å²) >= 11 is 0. The van der Waals surface area contributed by atoms with Crippen LogP contribution in [0.1, 0.15) is 29.8 Å². The molecule has 0 radical (unpaired) electrons.